The Bertz CT molecular complexity index is 553. The van der Waals surface area contributed by atoms with Gasteiger partial charge in [-0.05, 0) is 24.6 Å². The number of nitrogens with zero attached hydrogens (tertiary/aromatic N) is 2. The summed E-state index contributed by atoms with van der Waals surface area (Å²) in [5, 5.41) is 0.271. The first-order valence-electron chi connectivity index (χ1n) is 5.58. The Hall–Kier alpha value is -1.55. The lowest BCUT2D eigenvalue weighted by molar-refractivity contribution is 0.584. The van der Waals surface area contributed by atoms with Gasteiger partial charge in [0.2, 0.25) is 0 Å². The molecule has 0 aliphatic carbocycles. The molecule has 0 aliphatic heterocycles. The van der Waals surface area contributed by atoms with Gasteiger partial charge in [-0.2, -0.15) is 0 Å². The summed E-state index contributed by atoms with van der Waals surface area (Å²) >= 11 is 5.88. The Kier molecular flexibility index (Phi) is 3.87. The van der Waals surface area contributed by atoms with Crippen molar-refractivity contribution in [1.29, 1.82) is 0 Å². The zero-order valence-electron chi connectivity index (χ0n) is 9.75. The van der Waals surface area contributed by atoms with Crippen LogP contribution in [0, 0.1) is 11.6 Å². The average Bonchev–Trinajstić information content (AvgIpc) is 2.27. The minimum atomic E-state index is -0.661. The quantitative estimate of drug-likeness (QED) is 0.786. The first-order valence-corrected chi connectivity index (χ1v) is 5.96. The molecule has 94 valence electrons. The van der Waals surface area contributed by atoms with Crippen molar-refractivity contribution >= 4 is 11.6 Å². The number of benzene rings is 1. The Morgan fingerprint density at radius 2 is 1.72 bits per heavy atom. The fraction of sp³-hybridized carbons (Fsp3) is 0.231. The number of halogens is 3. The van der Waals surface area contributed by atoms with Crippen LogP contribution in [0.2, 0.25) is 5.15 Å². The van der Waals surface area contributed by atoms with Crippen LogP contribution in [0.1, 0.15) is 19.0 Å². The highest BCUT2D eigenvalue weighted by atomic mass is 35.5. The monoisotopic (exact) mass is 268 g/mol. The van der Waals surface area contributed by atoms with Gasteiger partial charge in [0.05, 0.1) is 0 Å². The van der Waals surface area contributed by atoms with E-state index in [0.717, 1.165) is 24.6 Å². The van der Waals surface area contributed by atoms with Gasteiger partial charge < -0.3 is 0 Å². The second-order valence-electron chi connectivity index (χ2n) is 3.91. The molecule has 0 fully saturated rings. The van der Waals surface area contributed by atoms with Gasteiger partial charge in [-0.15, -0.1) is 0 Å². The average molecular weight is 269 g/mol. The summed E-state index contributed by atoms with van der Waals surface area (Å²) in [6.07, 6.45) is 1.65. The van der Waals surface area contributed by atoms with Crippen LogP contribution < -0.4 is 0 Å². The minimum Gasteiger partial charge on any atom is -0.233 e. The van der Waals surface area contributed by atoms with Gasteiger partial charge in [-0.3, -0.25) is 0 Å². The van der Waals surface area contributed by atoms with E-state index < -0.39 is 11.6 Å². The maximum Gasteiger partial charge on any atom is 0.161 e. The molecule has 1 aromatic heterocycles. The molecule has 0 saturated heterocycles. The zero-order chi connectivity index (χ0) is 13.1. The van der Waals surface area contributed by atoms with E-state index >= 15 is 0 Å². The summed E-state index contributed by atoms with van der Waals surface area (Å²) in [5.74, 6) is -1.08. The van der Waals surface area contributed by atoms with Gasteiger partial charge in [0.25, 0.3) is 0 Å². The van der Waals surface area contributed by atoms with Crippen molar-refractivity contribution in [2.75, 3.05) is 0 Å². The van der Waals surface area contributed by atoms with Gasteiger partial charge >= 0.3 is 0 Å². The predicted molar refractivity (Wildman–Crippen MR) is 66.4 cm³/mol. The summed E-state index contributed by atoms with van der Waals surface area (Å²) in [7, 11) is 0. The maximum atomic E-state index is 13.1. The van der Waals surface area contributed by atoms with Crippen LogP contribution in [0.15, 0.2) is 24.3 Å². The molecule has 0 atom stereocenters. The van der Waals surface area contributed by atoms with Crippen molar-refractivity contribution in [1.82, 2.24) is 9.97 Å². The molecule has 0 radical (unpaired) electrons. The third-order valence-corrected chi connectivity index (χ3v) is 2.57. The van der Waals surface area contributed by atoms with E-state index in [0.29, 0.717) is 0 Å². The van der Waals surface area contributed by atoms with Gasteiger partial charge in [0, 0.05) is 17.3 Å². The Labute approximate surface area is 109 Å². The molecule has 0 amide bonds. The molecule has 0 saturated carbocycles. The van der Waals surface area contributed by atoms with Crippen LogP contribution in [-0.2, 0) is 6.42 Å². The highest BCUT2D eigenvalue weighted by molar-refractivity contribution is 6.29. The van der Waals surface area contributed by atoms with Crippen molar-refractivity contribution in [3.63, 3.8) is 0 Å². The van der Waals surface area contributed by atoms with E-state index in [2.05, 4.69) is 9.97 Å². The largest absolute Gasteiger partial charge is 0.233 e. The molecule has 0 N–H and O–H groups in total. The summed E-state index contributed by atoms with van der Waals surface area (Å²) in [6, 6.07) is 4.83. The molecular weight excluding hydrogens is 258 g/mol. The number of hydrogen-bond donors (Lipinski definition) is 0. The molecule has 0 unspecified atom stereocenters. The third-order valence-electron chi connectivity index (χ3n) is 2.37. The summed E-state index contributed by atoms with van der Waals surface area (Å²) in [6.45, 7) is 2.01. The van der Waals surface area contributed by atoms with Crippen LogP contribution in [0.4, 0.5) is 8.78 Å². The number of aryl methyl sites for hydroxylation is 1. The van der Waals surface area contributed by atoms with Crippen molar-refractivity contribution in [2.24, 2.45) is 0 Å². The van der Waals surface area contributed by atoms with Crippen molar-refractivity contribution in [2.45, 2.75) is 19.8 Å². The van der Waals surface area contributed by atoms with E-state index in [1.165, 1.54) is 12.1 Å². The Morgan fingerprint density at radius 1 is 1.06 bits per heavy atom. The van der Waals surface area contributed by atoms with Crippen LogP contribution in [0.25, 0.3) is 11.4 Å². The van der Waals surface area contributed by atoms with Gasteiger partial charge in [0.1, 0.15) is 16.8 Å². The molecule has 5 heteroatoms. The van der Waals surface area contributed by atoms with Gasteiger partial charge in [-0.1, -0.05) is 24.9 Å². The summed E-state index contributed by atoms with van der Waals surface area (Å²) in [5.41, 5.74) is 1.05. The zero-order valence-corrected chi connectivity index (χ0v) is 10.5. The normalized spacial score (nSPS) is 10.7. The van der Waals surface area contributed by atoms with Crippen molar-refractivity contribution < 1.29 is 8.78 Å². The number of aromatic nitrogens is 2. The molecule has 2 rings (SSSR count). The molecule has 0 bridgehead atoms. The molecule has 2 aromatic rings. The minimum absolute atomic E-state index is 0.240. The molecule has 1 aromatic carbocycles. The number of rotatable bonds is 3. The lowest BCUT2D eigenvalue weighted by atomic mass is 10.2. The van der Waals surface area contributed by atoms with Crippen LogP contribution >= 0.6 is 11.6 Å². The molecule has 0 aliphatic rings. The lowest BCUT2D eigenvalue weighted by Gasteiger charge is -2.05. The topological polar surface area (TPSA) is 25.8 Å². The Morgan fingerprint density at radius 3 is 2.33 bits per heavy atom. The fourth-order valence-electron chi connectivity index (χ4n) is 1.66. The molecule has 18 heavy (non-hydrogen) atoms. The van der Waals surface area contributed by atoms with Crippen LogP contribution in [0.3, 0.4) is 0 Å². The SMILES string of the molecule is CCCc1cc(Cl)nc(-c2cc(F)cc(F)c2)n1. The summed E-state index contributed by atoms with van der Waals surface area (Å²) < 4.78 is 26.3. The van der Waals surface area contributed by atoms with E-state index in [-0.39, 0.29) is 16.5 Å². The number of hydrogen-bond acceptors (Lipinski definition) is 2. The molecule has 1 heterocycles. The summed E-state index contributed by atoms with van der Waals surface area (Å²) in [4.78, 5) is 8.24. The maximum absolute atomic E-state index is 13.1. The van der Waals surface area contributed by atoms with E-state index in [1.54, 1.807) is 6.07 Å². The van der Waals surface area contributed by atoms with Gasteiger partial charge in [0.15, 0.2) is 5.82 Å². The molecular formula is C13H11ClF2N2. The fourth-order valence-corrected chi connectivity index (χ4v) is 1.87. The van der Waals surface area contributed by atoms with Crippen molar-refractivity contribution in [3.8, 4) is 11.4 Å². The first-order chi connectivity index (χ1) is 8.58. The van der Waals surface area contributed by atoms with Crippen molar-refractivity contribution in [3.05, 3.63) is 46.7 Å². The standard InChI is InChI=1S/C13H11ClF2N2/c1-2-3-11-7-12(14)18-13(17-11)8-4-9(15)6-10(16)5-8/h4-7H,2-3H2,1H3. The van der Waals surface area contributed by atoms with Crippen LogP contribution in [-0.4, -0.2) is 9.97 Å². The second kappa shape index (κ2) is 5.40. The van der Waals surface area contributed by atoms with E-state index in [9.17, 15) is 8.78 Å². The molecule has 2 nitrogen and oxygen atoms in total. The highest BCUT2D eigenvalue weighted by Gasteiger charge is 2.08. The smallest absolute Gasteiger partial charge is 0.161 e. The van der Waals surface area contributed by atoms with Crippen LogP contribution in [0.5, 0.6) is 0 Å². The first kappa shape index (κ1) is 12.9. The predicted octanol–water partition coefficient (Wildman–Crippen LogP) is 4.03. The Balaban J connectivity index is 2.49. The second-order valence-corrected chi connectivity index (χ2v) is 4.30. The van der Waals surface area contributed by atoms with E-state index in [1.807, 2.05) is 6.92 Å². The molecule has 0 spiro atoms. The highest BCUT2D eigenvalue weighted by Crippen LogP contribution is 2.21. The third kappa shape index (κ3) is 3.01. The lowest BCUT2D eigenvalue weighted by Crippen LogP contribution is -1.97. The van der Waals surface area contributed by atoms with Gasteiger partial charge in [-0.25, -0.2) is 18.7 Å². The van der Waals surface area contributed by atoms with E-state index in [4.69, 9.17) is 11.6 Å².